The van der Waals surface area contributed by atoms with Crippen molar-refractivity contribution in [2.45, 2.75) is 13.5 Å². The van der Waals surface area contributed by atoms with Crippen molar-refractivity contribution in [2.24, 2.45) is 0 Å². The van der Waals surface area contributed by atoms with Crippen molar-refractivity contribution < 1.29 is 33.3 Å². The van der Waals surface area contributed by atoms with Gasteiger partial charge in [0.05, 0.1) is 36.4 Å². The van der Waals surface area contributed by atoms with E-state index in [0.29, 0.717) is 16.2 Å². The fourth-order valence-electron chi connectivity index (χ4n) is 2.90. The van der Waals surface area contributed by atoms with Crippen LogP contribution in [0.4, 0.5) is 0 Å². The van der Waals surface area contributed by atoms with Gasteiger partial charge in [-0.3, -0.25) is 0 Å². The maximum absolute atomic E-state index is 12.9. The van der Waals surface area contributed by atoms with Gasteiger partial charge in [-0.15, -0.1) is 0 Å². The molecular weight excluding hydrogens is 463 g/mol. The van der Waals surface area contributed by atoms with Gasteiger partial charge in [-0.25, -0.2) is 14.6 Å². The zero-order chi connectivity index (χ0) is 23.4. The van der Waals surface area contributed by atoms with Gasteiger partial charge in [-0.2, -0.15) is 4.73 Å². The number of nitrogens with zero attached hydrogens (tertiary/aromatic N) is 2. The van der Waals surface area contributed by atoms with Crippen LogP contribution in [0.25, 0.3) is 11.0 Å². The number of rotatable bonds is 7. The number of fused-ring (bicyclic) bond motifs is 1. The molecule has 0 aliphatic rings. The number of carbonyl (C=O) groups is 2. The Bertz CT molecular complexity index is 1200. The average molecular weight is 481 g/mol. The molecule has 0 saturated carbocycles. The van der Waals surface area contributed by atoms with Crippen LogP contribution in [0.15, 0.2) is 30.3 Å². The Labute approximate surface area is 193 Å². The Balaban J connectivity index is 1.98. The fourth-order valence-corrected chi connectivity index (χ4v) is 3.21. The maximum atomic E-state index is 12.9. The van der Waals surface area contributed by atoms with Gasteiger partial charge in [0.25, 0.3) is 0 Å². The molecule has 9 nitrogen and oxygen atoms in total. The summed E-state index contributed by atoms with van der Waals surface area (Å²) in [6.45, 7) is 1.15. The number of hydrogen-bond donors (Lipinski definition) is 0. The van der Waals surface area contributed by atoms with Crippen LogP contribution < -0.4 is 14.2 Å². The molecule has 3 aromatic rings. The Morgan fingerprint density at radius 2 is 1.69 bits per heavy atom. The van der Waals surface area contributed by atoms with E-state index in [-0.39, 0.29) is 38.9 Å². The minimum absolute atomic E-state index is 0.0115. The summed E-state index contributed by atoms with van der Waals surface area (Å²) in [6.07, 6.45) is 0. The first-order chi connectivity index (χ1) is 15.3. The number of benzene rings is 2. The minimum Gasteiger partial charge on any atom is -0.618 e. The highest BCUT2D eigenvalue weighted by Gasteiger charge is 2.29. The Kier molecular flexibility index (Phi) is 7.22. The van der Waals surface area contributed by atoms with E-state index in [1.165, 1.54) is 38.5 Å². The third-order valence-electron chi connectivity index (χ3n) is 4.40. The highest BCUT2D eigenvalue weighted by molar-refractivity contribution is 6.42. The summed E-state index contributed by atoms with van der Waals surface area (Å²) in [5.74, 6) is -0.871. The lowest BCUT2D eigenvalue weighted by Crippen LogP contribution is -2.39. The largest absolute Gasteiger partial charge is 0.618 e. The molecule has 0 fully saturated rings. The number of methoxy groups -OCH3 is 2. The molecule has 0 saturated heterocycles. The third kappa shape index (κ3) is 4.63. The molecule has 0 aliphatic carbocycles. The van der Waals surface area contributed by atoms with E-state index in [1.54, 1.807) is 13.0 Å². The monoisotopic (exact) mass is 480 g/mol. The molecule has 0 unspecified atom stereocenters. The zero-order valence-electron chi connectivity index (χ0n) is 17.3. The molecule has 3 rings (SSSR count). The molecule has 0 bridgehead atoms. The summed E-state index contributed by atoms with van der Waals surface area (Å²) >= 11 is 12.0. The number of halogens is 2. The average Bonchev–Trinajstić information content (AvgIpc) is 2.78. The summed E-state index contributed by atoms with van der Waals surface area (Å²) in [5, 5.41) is 13.2. The molecule has 11 heteroatoms. The van der Waals surface area contributed by atoms with Crippen LogP contribution in [-0.4, -0.2) is 37.7 Å². The van der Waals surface area contributed by atoms with Crippen LogP contribution in [-0.2, 0) is 16.1 Å². The van der Waals surface area contributed by atoms with Crippen molar-refractivity contribution in [3.63, 3.8) is 0 Å². The van der Waals surface area contributed by atoms with Crippen LogP contribution in [0.3, 0.4) is 0 Å². The lowest BCUT2D eigenvalue weighted by Gasteiger charge is -2.12. The number of ether oxygens (including phenoxy) is 4. The van der Waals surface area contributed by atoms with E-state index in [1.807, 2.05) is 0 Å². The fraction of sp³-hybridized carbons (Fsp3) is 0.238. The van der Waals surface area contributed by atoms with E-state index >= 15 is 0 Å². The van der Waals surface area contributed by atoms with E-state index in [4.69, 9.17) is 42.1 Å². The van der Waals surface area contributed by atoms with Gasteiger partial charge in [-0.05, 0) is 31.2 Å². The molecule has 0 spiro atoms. The summed E-state index contributed by atoms with van der Waals surface area (Å²) in [6, 6.07) is 7.14. The van der Waals surface area contributed by atoms with Crippen molar-refractivity contribution in [3.05, 3.63) is 62.5 Å². The van der Waals surface area contributed by atoms with E-state index in [0.717, 1.165) is 0 Å². The van der Waals surface area contributed by atoms with Gasteiger partial charge in [0, 0.05) is 6.07 Å². The normalized spacial score (nSPS) is 10.7. The molecule has 0 aliphatic heterocycles. The Morgan fingerprint density at radius 1 is 1.00 bits per heavy atom. The second-order valence-electron chi connectivity index (χ2n) is 6.32. The van der Waals surface area contributed by atoms with Crippen molar-refractivity contribution in [1.82, 2.24) is 4.98 Å². The van der Waals surface area contributed by atoms with Crippen LogP contribution in [0.2, 0.25) is 10.0 Å². The van der Waals surface area contributed by atoms with Gasteiger partial charge >= 0.3 is 17.6 Å². The molecule has 32 heavy (non-hydrogen) atoms. The first kappa shape index (κ1) is 23.4. The first-order valence-electron chi connectivity index (χ1n) is 9.28. The molecule has 0 radical (unpaired) electrons. The standard InChI is InChI=1S/C21H18Cl2N2O7/c1-4-31-21(27)19-15(24-14-8-12(22)13(23)9-16(14)25(19)28)10-32-20(26)11-5-6-17(29-2)18(7-11)30-3/h5-9H,4,10H2,1-3H3. The van der Waals surface area contributed by atoms with E-state index < -0.39 is 24.2 Å². The highest BCUT2D eigenvalue weighted by Crippen LogP contribution is 2.28. The van der Waals surface area contributed by atoms with Crippen molar-refractivity contribution in [3.8, 4) is 11.5 Å². The first-order valence-corrected chi connectivity index (χ1v) is 10.0. The third-order valence-corrected chi connectivity index (χ3v) is 5.12. The van der Waals surface area contributed by atoms with Gasteiger partial charge in [-0.1, -0.05) is 23.2 Å². The lowest BCUT2D eigenvalue weighted by atomic mass is 10.2. The SMILES string of the molecule is CCOC(=O)c1c(COC(=O)c2ccc(OC)c(OC)c2)nc2cc(Cl)c(Cl)cc2[n+]1[O-]. The molecule has 0 atom stereocenters. The van der Waals surface area contributed by atoms with Crippen molar-refractivity contribution in [2.75, 3.05) is 20.8 Å². The number of hydrogen-bond acceptors (Lipinski definition) is 8. The maximum Gasteiger partial charge on any atom is 0.407 e. The van der Waals surface area contributed by atoms with Crippen LogP contribution >= 0.6 is 23.2 Å². The molecular formula is C21H18Cl2N2O7. The summed E-state index contributed by atoms with van der Waals surface area (Å²) in [7, 11) is 2.90. The van der Waals surface area contributed by atoms with E-state index in [9.17, 15) is 14.8 Å². The predicted molar refractivity (Wildman–Crippen MR) is 115 cm³/mol. The molecule has 1 heterocycles. The molecule has 2 aromatic carbocycles. The van der Waals surface area contributed by atoms with Gasteiger partial charge in [0.15, 0.2) is 17.2 Å². The van der Waals surface area contributed by atoms with E-state index in [2.05, 4.69) is 4.98 Å². The number of aromatic nitrogens is 2. The summed E-state index contributed by atoms with van der Waals surface area (Å²) in [5.41, 5.74) is -0.168. The topological polar surface area (TPSA) is 111 Å². The van der Waals surface area contributed by atoms with Gasteiger partial charge in [0.2, 0.25) is 5.52 Å². The zero-order valence-corrected chi connectivity index (χ0v) is 18.8. The highest BCUT2D eigenvalue weighted by atomic mass is 35.5. The molecule has 0 N–H and O–H groups in total. The molecule has 168 valence electrons. The minimum atomic E-state index is -0.917. The van der Waals surface area contributed by atoms with Crippen LogP contribution in [0.1, 0.15) is 33.5 Å². The number of carbonyl (C=O) groups excluding carboxylic acids is 2. The summed E-state index contributed by atoms with van der Waals surface area (Å²) in [4.78, 5) is 29.3. The smallest absolute Gasteiger partial charge is 0.407 e. The number of esters is 2. The van der Waals surface area contributed by atoms with Gasteiger partial charge < -0.3 is 24.2 Å². The Hall–Kier alpha value is -3.30. The summed E-state index contributed by atoms with van der Waals surface area (Å²) < 4.78 is 20.9. The van der Waals surface area contributed by atoms with Crippen LogP contribution in [0.5, 0.6) is 11.5 Å². The predicted octanol–water partition coefficient (Wildman–Crippen LogP) is 3.73. The second-order valence-corrected chi connectivity index (χ2v) is 7.14. The molecule has 0 amide bonds. The molecule has 1 aromatic heterocycles. The van der Waals surface area contributed by atoms with Crippen molar-refractivity contribution >= 4 is 46.2 Å². The lowest BCUT2D eigenvalue weighted by molar-refractivity contribution is -0.581. The van der Waals surface area contributed by atoms with Gasteiger partial charge in [0.1, 0.15) is 12.1 Å². The second kappa shape index (κ2) is 9.88. The van der Waals surface area contributed by atoms with Crippen molar-refractivity contribution in [1.29, 1.82) is 0 Å². The van der Waals surface area contributed by atoms with Crippen LogP contribution in [0, 0.1) is 5.21 Å². The Morgan fingerprint density at radius 3 is 2.34 bits per heavy atom. The quantitative estimate of drug-likeness (QED) is 0.285.